The van der Waals surface area contributed by atoms with E-state index in [9.17, 15) is 9.59 Å². The first-order valence-electron chi connectivity index (χ1n) is 11.5. The highest BCUT2D eigenvalue weighted by molar-refractivity contribution is 6.40. The third kappa shape index (κ3) is 4.79. The van der Waals surface area contributed by atoms with E-state index in [-0.39, 0.29) is 5.41 Å². The summed E-state index contributed by atoms with van der Waals surface area (Å²) in [4.78, 5) is 26.7. The van der Waals surface area contributed by atoms with Crippen LogP contribution in [0.3, 0.4) is 0 Å². The standard InChI is InChI=1S/C27H30ClNO4/c1-3-4-5-6-14-29-17-27(13-7-8-19-15-21(28)10-11-22(19)27)18-33-24-12-9-20(16-23(24)29)25(30)26(31)32-2/h3,9-12,15-16H,1,4-8,13-14,17-18H2,2H3. The molecule has 0 radical (unpaired) electrons. The molecule has 2 aliphatic rings. The first-order chi connectivity index (χ1) is 16.0. The Morgan fingerprint density at radius 3 is 2.88 bits per heavy atom. The van der Waals surface area contributed by atoms with Crippen LogP contribution in [0.15, 0.2) is 49.1 Å². The van der Waals surface area contributed by atoms with E-state index in [2.05, 4.69) is 28.3 Å². The Balaban J connectivity index is 1.72. The van der Waals surface area contributed by atoms with Gasteiger partial charge in [-0.05, 0) is 80.0 Å². The zero-order valence-corrected chi connectivity index (χ0v) is 19.8. The number of rotatable bonds is 7. The minimum atomic E-state index is -0.864. The number of aryl methyl sites for hydroxylation is 1. The SMILES string of the molecule is C=CCCCCN1CC2(CCCc3cc(Cl)ccc32)COc2ccc(C(=O)C(=O)OC)cc21. The molecular weight excluding hydrogens is 438 g/mol. The molecule has 2 aromatic carbocycles. The topological polar surface area (TPSA) is 55.8 Å². The maximum Gasteiger partial charge on any atom is 0.379 e. The molecule has 1 aliphatic heterocycles. The number of fused-ring (bicyclic) bond motifs is 3. The van der Waals surface area contributed by atoms with E-state index < -0.39 is 11.8 Å². The molecular formula is C27H30ClNO4. The van der Waals surface area contributed by atoms with Crippen molar-refractivity contribution < 1.29 is 19.1 Å². The van der Waals surface area contributed by atoms with Crippen molar-refractivity contribution in [3.05, 3.63) is 70.8 Å². The number of methoxy groups -OCH3 is 1. The Kier molecular flexibility index (Phi) is 7.08. The predicted octanol–water partition coefficient (Wildman–Crippen LogP) is 5.53. The highest BCUT2D eigenvalue weighted by Gasteiger charge is 2.41. The molecule has 33 heavy (non-hydrogen) atoms. The van der Waals surface area contributed by atoms with Crippen molar-refractivity contribution in [3.8, 4) is 5.75 Å². The van der Waals surface area contributed by atoms with Crippen LogP contribution in [-0.4, -0.2) is 38.6 Å². The maximum absolute atomic E-state index is 12.5. The van der Waals surface area contributed by atoms with E-state index in [1.54, 1.807) is 18.2 Å². The van der Waals surface area contributed by atoms with Gasteiger partial charge >= 0.3 is 5.97 Å². The molecule has 0 saturated carbocycles. The van der Waals surface area contributed by atoms with Gasteiger partial charge < -0.3 is 14.4 Å². The average Bonchev–Trinajstić information content (AvgIpc) is 2.98. The summed E-state index contributed by atoms with van der Waals surface area (Å²) in [5.74, 6) is -0.779. The lowest BCUT2D eigenvalue weighted by Gasteiger charge is -2.41. The van der Waals surface area contributed by atoms with Gasteiger partial charge in [0.25, 0.3) is 5.78 Å². The van der Waals surface area contributed by atoms with Gasteiger partial charge in [0.1, 0.15) is 5.75 Å². The fourth-order valence-electron chi connectivity index (χ4n) is 5.09. The van der Waals surface area contributed by atoms with Crippen LogP contribution in [0, 0.1) is 0 Å². The van der Waals surface area contributed by atoms with Crippen molar-refractivity contribution in [2.24, 2.45) is 0 Å². The molecule has 0 N–H and O–H groups in total. The molecule has 6 heteroatoms. The number of esters is 1. The fourth-order valence-corrected chi connectivity index (χ4v) is 5.29. The number of hydrogen-bond donors (Lipinski definition) is 0. The second-order valence-corrected chi connectivity index (χ2v) is 9.37. The van der Waals surface area contributed by atoms with E-state index >= 15 is 0 Å². The number of allylic oxidation sites excluding steroid dienone is 1. The molecule has 174 valence electrons. The number of Topliss-reactive ketones (excluding diaryl/α,β-unsaturated/α-hetero) is 1. The van der Waals surface area contributed by atoms with Gasteiger partial charge in [0.15, 0.2) is 0 Å². The van der Waals surface area contributed by atoms with Gasteiger partial charge in [-0.1, -0.05) is 23.7 Å². The first kappa shape index (κ1) is 23.4. The molecule has 1 spiro atoms. The van der Waals surface area contributed by atoms with E-state index in [0.29, 0.717) is 12.2 Å². The van der Waals surface area contributed by atoms with Crippen LogP contribution in [0.5, 0.6) is 5.75 Å². The molecule has 4 rings (SSSR count). The van der Waals surface area contributed by atoms with Gasteiger partial charge in [0.05, 0.1) is 19.4 Å². The van der Waals surface area contributed by atoms with Crippen molar-refractivity contribution >= 4 is 29.0 Å². The molecule has 1 atom stereocenters. The molecule has 1 unspecified atom stereocenters. The van der Waals surface area contributed by atoms with Crippen molar-refractivity contribution in [2.75, 3.05) is 31.7 Å². The summed E-state index contributed by atoms with van der Waals surface area (Å²) < 4.78 is 11.0. The molecule has 1 aliphatic carbocycles. The zero-order chi connectivity index (χ0) is 23.4. The number of nitrogens with zero attached hydrogens (tertiary/aromatic N) is 1. The molecule has 0 amide bonds. The fraction of sp³-hybridized carbons (Fsp3) is 0.407. The van der Waals surface area contributed by atoms with Gasteiger partial charge in [0.2, 0.25) is 0 Å². The second kappa shape index (κ2) is 10.0. The van der Waals surface area contributed by atoms with E-state index in [4.69, 9.17) is 16.3 Å². The molecule has 2 aromatic rings. The second-order valence-electron chi connectivity index (χ2n) is 8.93. The number of anilines is 1. The number of ether oxygens (including phenoxy) is 2. The number of unbranched alkanes of at least 4 members (excludes halogenated alkanes) is 2. The molecule has 1 heterocycles. The normalized spacial score (nSPS) is 19.2. The Labute approximate surface area is 200 Å². The third-order valence-corrected chi connectivity index (χ3v) is 6.99. The van der Waals surface area contributed by atoms with Crippen molar-refractivity contribution in [3.63, 3.8) is 0 Å². The van der Waals surface area contributed by atoms with Gasteiger partial charge in [-0.15, -0.1) is 6.58 Å². The van der Waals surface area contributed by atoms with Crippen LogP contribution in [0.4, 0.5) is 5.69 Å². The van der Waals surface area contributed by atoms with E-state index in [0.717, 1.165) is 68.1 Å². The number of carbonyl (C=O) groups is 2. The maximum atomic E-state index is 12.5. The van der Waals surface area contributed by atoms with Crippen molar-refractivity contribution in [2.45, 2.75) is 43.9 Å². The molecule has 0 fully saturated rings. The van der Waals surface area contributed by atoms with Crippen LogP contribution in [0.1, 0.15) is 53.6 Å². The quantitative estimate of drug-likeness (QED) is 0.176. The van der Waals surface area contributed by atoms with Gasteiger partial charge in [0, 0.05) is 29.1 Å². The van der Waals surface area contributed by atoms with Crippen LogP contribution in [0.2, 0.25) is 5.02 Å². The van der Waals surface area contributed by atoms with Crippen LogP contribution in [0.25, 0.3) is 0 Å². The summed E-state index contributed by atoms with van der Waals surface area (Å²) in [6, 6.07) is 11.4. The Morgan fingerprint density at radius 2 is 2.09 bits per heavy atom. The predicted molar refractivity (Wildman–Crippen MR) is 131 cm³/mol. The summed E-state index contributed by atoms with van der Waals surface area (Å²) in [5.41, 5.74) is 3.58. The highest BCUT2D eigenvalue weighted by Crippen LogP contribution is 2.44. The number of benzene rings is 2. The number of ketones is 1. The molecule has 0 bridgehead atoms. The summed E-state index contributed by atoms with van der Waals surface area (Å²) in [6.45, 7) is 5.98. The molecule has 5 nitrogen and oxygen atoms in total. The van der Waals surface area contributed by atoms with Crippen LogP contribution in [-0.2, 0) is 21.4 Å². The largest absolute Gasteiger partial charge is 0.490 e. The summed E-state index contributed by atoms with van der Waals surface area (Å²) in [6.07, 6.45) is 8.04. The highest BCUT2D eigenvalue weighted by atomic mass is 35.5. The van der Waals surface area contributed by atoms with E-state index in [1.807, 2.05) is 12.1 Å². The van der Waals surface area contributed by atoms with Crippen LogP contribution < -0.4 is 9.64 Å². The Bertz CT molecular complexity index is 1070. The third-order valence-electron chi connectivity index (χ3n) is 6.76. The number of carbonyl (C=O) groups excluding carboxylic acids is 2. The van der Waals surface area contributed by atoms with E-state index in [1.165, 1.54) is 18.2 Å². The van der Waals surface area contributed by atoms with Gasteiger partial charge in [-0.2, -0.15) is 0 Å². The minimum Gasteiger partial charge on any atom is -0.490 e. The Morgan fingerprint density at radius 1 is 1.24 bits per heavy atom. The lowest BCUT2D eigenvalue weighted by Crippen LogP contribution is -2.46. The number of halogens is 1. The summed E-state index contributed by atoms with van der Waals surface area (Å²) >= 11 is 6.30. The summed E-state index contributed by atoms with van der Waals surface area (Å²) in [7, 11) is 1.22. The zero-order valence-electron chi connectivity index (χ0n) is 19.1. The molecule has 0 saturated heterocycles. The van der Waals surface area contributed by atoms with Gasteiger partial charge in [-0.3, -0.25) is 4.79 Å². The monoisotopic (exact) mass is 467 g/mol. The molecule has 0 aromatic heterocycles. The lowest BCUT2D eigenvalue weighted by molar-refractivity contribution is -0.135. The van der Waals surface area contributed by atoms with Crippen LogP contribution >= 0.6 is 11.6 Å². The van der Waals surface area contributed by atoms with Gasteiger partial charge in [-0.25, -0.2) is 4.79 Å². The first-order valence-corrected chi connectivity index (χ1v) is 11.9. The summed E-state index contributed by atoms with van der Waals surface area (Å²) in [5, 5.41) is 0.760. The number of hydrogen-bond acceptors (Lipinski definition) is 5. The lowest BCUT2D eigenvalue weighted by atomic mass is 9.70. The minimum absolute atomic E-state index is 0.165. The van der Waals surface area contributed by atoms with Crippen molar-refractivity contribution in [1.82, 2.24) is 0 Å². The Hall–Kier alpha value is -2.79. The average molecular weight is 468 g/mol. The van der Waals surface area contributed by atoms with Crippen molar-refractivity contribution in [1.29, 1.82) is 0 Å². The smallest absolute Gasteiger partial charge is 0.379 e.